The summed E-state index contributed by atoms with van der Waals surface area (Å²) in [5, 5.41) is 3.08. The number of likely N-dealkylation sites (tertiary alicyclic amines) is 1. The van der Waals surface area contributed by atoms with Crippen molar-refractivity contribution in [3.63, 3.8) is 0 Å². The lowest BCUT2D eigenvalue weighted by Gasteiger charge is -2.38. The molecule has 1 saturated heterocycles. The molecule has 0 bridgehead atoms. The van der Waals surface area contributed by atoms with Crippen molar-refractivity contribution >= 4 is 5.91 Å². The Hall–Kier alpha value is -0.570. The van der Waals surface area contributed by atoms with E-state index in [1.807, 2.05) is 7.05 Å². The van der Waals surface area contributed by atoms with Crippen LogP contribution in [0.3, 0.4) is 0 Å². The standard InChI is InChI=1S/C14H28N2O/c1-14(2,3)12-7-10-16(11-8-12)13(17)6-5-9-15-4/h12,15H,5-11H2,1-4H3. The molecule has 100 valence electrons. The molecule has 17 heavy (non-hydrogen) atoms. The van der Waals surface area contributed by atoms with Crippen LogP contribution in [0.5, 0.6) is 0 Å². The van der Waals surface area contributed by atoms with Crippen LogP contribution in [0.1, 0.15) is 46.5 Å². The number of rotatable bonds is 4. The third-order valence-corrected chi connectivity index (χ3v) is 3.89. The van der Waals surface area contributed by atoms with Gasteiger partial charge in [-0.25, -0.2) is 0 Å². The first-order valence-corrected chi connectivity index (χ1v) is 6.87. The summed E-state index contributed by atoms with van der Waals surface area (Å²) in [4.78, 5) is 14.0. The van der Waals surface area contributed by atoms with Crippen LogP contribution < -0.4 is 5.32 Å². The van der Waals surface area contributed by atoms with Crippen molar-refractivity contribution in [3.05, 3.63) is 0 Å². The molecule has 0 atom stereocenters. The second kappa shape index (κ2) is 6.39. The van der Waals surface area contributed by atoms with Gasteiger partial charge in [0.2, 0.25) is 5.91 Å². The Morgan fingerprint density at radius 3 is 2.35 bits per heavy atom. The molecule has 3 heteroatoms. The zero-order valence-corrected chi connectivity index (χ0v) is 11.9. The van der Waals surface area contributed by atoms with Gasteiger partial charge in [-0.3, -0.25) is 4.79 Å². The maximum atomic E-state index is 11.9. The fraction of sp³-hybridized carbons (Fsp3) is 0.929. The molecule has 1 aliphatic heterocycles. The molecule has 0 aromatic rings. The van der Waals surface area contributed by atoms with E-state index in [1.165, 1.54) is 12.8 Å². The van der Waals surface area contributed by atoms with E-state index >= 15 is 0 Å². The topological polar surface area (TPSA) is 32.3 Å². The van der Waals surface area contributed by atoms with E-state index in [2.05, 4.69) is 31.0 Å². The van der Waals surface area contributed by atoms with E-state index in [0.717, 1.165) is 32.0 Å². The van der Waals surface area contributed by atoms with Gasteiger partial charge in [0, 0.05) is 19.5 Å². The van der Waals surface area contributed by atoms with Crippen LogP contribution in [-0.2, 0) is 4.79 Å². The largest absolute Gasteiger partial charge is 0.343 e. The number of amides is 1. The molecule has 1 rings (SSSR count). The quantitative estimate of drug-likeness (QED) is 0.765. The van der Waals surface area contributed by atoms with Gasteiger partial charge in [-0.15, -0.1) is 0 Å². The summed E-state index contributed by atoms with van der Waals surface area (Å²) in [7, 11) is 1.93. The molecule has 0 unspecified atom stereocenters. The van der Waals surface area contributed by atoms with Gasteiger partial charge < -0.3 is 10.2 Å². The number of piperidine rings is 1. The van der Waals surface area contributed by atoms with Crippen molar-refractivity contribution in [2.45, 2.75) is 46.5 Å². The highest BCUT2D eigenvalue weighted by molar-refractivity contribution is 5.76. The molecule has 1 heterocycles. The van der Waals surface area contributed by atoms with E-state index in [4.69, 9.17) is 0 Å². The Labute approximate surface area is 106 Å². The van der Waals surface area contributed by atoms with Gasteiger partial charge in [-0.2, -0.15) is 0 Å². The maximum Gasteiger partial charge on any atom is 0.222 e. The molecule has 1 amide bonds. The van der Waals surface area contributed by atoms with E-state index in [-0.39, 0.29) is 0 Å². The lowest BCUT2D eigenvalue weighted by Crippen LogP contribution is -2.41. The van der Waals surface area contributed by atoms with E-state index in [1.54, 1.807) is 0 Å². The normalized spacial score (nSPS) is 18.5. The van der Waals surface area contributed by atoms with E-state index in [9.17, 15) is 4.79 Å². The molecule has 1 N–H and O–H groups in total. The van der Waals surface area contributed by atoms with Crippen molar-refractivity contribution < 1.29 is 4.79 Å². The maximum absolute atomic E-state index is 11.9. The molecular formula is C14H28N2O. The molecule has 0 radical (unpaired) electrons. The fourth-order valence-corrected chi connectivity index (χ4v) is 2.57. The zero-order valence-electron chi connectivity index (χ0n) is 11.9. The van der Waals surface area contributed by atoms with Crippen molar-refractivity contribution in [1.29, 1.82) is 0 Å². The third-order valence-electron chi connectivity index (χ3n) is 3.89. The highest BCUT2D eigenvalue weighted by atomic mass is 16.2. The highest BCUT2D eigenvalue weighted by Crippen LogP contribution is 2.34. The van der Waals surface area contributed by atoms with E-state index < -0.39 is 0 Å². The fourth-order valence-electron chi connectivity index (χ4n) is 2.57. The van der Waals surface area contributed by atoms with Crippen LogP contribution in [0.15, 0.2) is 0 Å². The van der Waals surface area contributed by atoms with Crippen LogP contribution in [0.4, 0.5) is 0 Å². The van der Waals surface area contributed by atoms with Gasteiger partial charge in [0.15, 0.2) is 0 Å². The number of carbonyl (C=O) groups excluding carboxylic acids is 1. The van der Waals surface area contributed by atoms with E-state index in [0.29, 0.717) is 17.7 Å². The summed E-state index contributed by atoms with van der Waals surface area (Å²) >= 11 is 0. The Bertz CT molecular complexity index is 237. The van der Waals surface area contributed by atoms with Crippen molar-refractivity contribution in [1.82, 2.24) is 10.2 Å². The van der Waals surface area contributed by atoms with Crippen LogP contribution >= 0.6 is 0 Å². The van der Waals surface area contributed by atoms with Gasteiger partial charge in [0.05, 0.1) is 0 Å². The van der Waals surface area contributed by atoms with Crippen molar-refractivity contribution in [2.75, 3.05) is 26.7 Å². The predicted octanol–water partition coefficient (Wildman–Crippen LogP) is 2.27. The first-order valence-electron chi connectivity index (χ1n) is 6.87. The van der Waals surface area contributed by atoms with Crippen molar-refractivity contribution in [3.8, 4) is 0 Å². The minimum Gasteiger partial charge on any atom is -0.343 e. The lowest BCUT2D eigenvalue weighted by atomic mass is 9.75. The second-order valence-corrected chi connectivity index (χ2v) is 6.23. The summed E-state index contributed by atoms with van der Waals surface area (Å²) in [6.45, 7) is 9.77. The summed E-state index contributed by atoms with van der Waals surface area (Å²) in [6, 6.07) is 0. The first kappa shape index (κ1) is 14.5. The minimum absolute atomic E-state index is 0.340. The van der Waals surface area contributed by atoms with Crippen LogP contribution in [-0.4, -0.2) is 37.5 Å². The first-order chi connectivity index (χ1) is 7.95. The molecule has 0 aliphatic carbocycles. The Morgan fingerprint density at radius 1 is 1.29 bits per heavy atom. The Morgan fingerprint density at radius 2 is 1.88 bits per heavy atom. The van der Waals surface area contributed by atoms with Gasteiger partial charge in [0.1, 0.15) is 0 Å². The SMILES string of the molecule is CNCCCC(=O)N1CCC(C(C)(C)C)CC1. The summed E-state index contributed by atoms with van der Waals surface area (Å²) in [6.07, 6.45) is 3.98. The Kier molecular flexibility index (Phi) is 5.44. The van der Waals surface area contributed by atoms with Gasteiger partial charge >= 0.3 is 0 Å². The molecule has 0 aromatic carbocycles. The molecule has 1 aliphatic rings. The van der Waals surface area contributed by atoms with Gasteiger partial charge in [-0.1, -0.05) is 20.8 Å². The molecule has 0 saturated carbocycles. The monoisotopic (exact) mass is 240 g/mol. The van der Waals surface area contributed by atoms with Crippen LogP contribution in [0.25, 0.3) is 0 Å². The number of carbonyl (C=O) groups is 1. The molecule has 3 nitrogen and oxygen atoms in total. The lowest BCUT2D eigenvalue weighted by molar-refractivity contribution is -0.133. The molecule has 1 fully saturated rings. The summed E-state index contributed by atoms with van der Waals surface area (Å²) in [5.41, 5.74) is 0.390. The molecular weight excluding hydrogens is 212 g/mol. The van der Waals surface area contributed by atoms with Crippen LogP contribution in [0.2, 0.25) is 0 Å². The predicted molar refractivity (Wildman–Crippen MR) is 71.9 cm³/mol. The summed E-state index contributed by atoms with van der Waals surface area (Å²) in [5.74, 6) is 1.11. The number of nitrogens with zero attached hydrogens (tertiary/aromatic N) is 1. The van der Waals surface area contributed by atoms with Crippen LogP contribution in [0, 0.1) is 11.3 Å². The van der Waals surface area contributed by atoms with Gasteiger partial charge in [-0.05, 0) is 44.2 Å². The highest BCUT2D eigenvalue weighted by Gasteiger charge is 2.29. The Balaban J connectivity index is 2.29. The summed E-state index contributed by atoms with van der Waals surface area (Å²) < 4.78 is 0. The molecule has 0 spiro atoms. The smallest absolute Gasteiger partial charge is 0.222 e. The number of hydrogen-bond acceptors (Lipinski definition) is 2. The van der Waals surface area contributed by atoms with Crippen molar-refractivity contribution in [2.24, 2.45) is 11.3 Å². The third kappa shape index (κ3) is 4.66. The van der Waals surface area contributed by atoms with Gasteiger partial charge in [0.25, 0.3) is 0 Å². The number of hydrogen-bond donors (Lipinski definition) is 1. The minimum atomic E-state index is 0.340. The average Bonchev–Trinajstić information content (AvgIpc) is 2.28. The zero-order chi connectivity index (χ0) is 12.9. The average molecular weight is 240 g/mol. The number of nitrogens with one attached hydrogen (secondary N) is 1. The second-order valence-electron chi connectivity index (χ2n) is 6.23. The molecule has 0 aromatic heterocycles.